The molecule has 0 aliphatic carbocycles. The molecule has 3 aromatic rings. The first-order valence-corrected chi connectivity index (χ1v) is 10.5. The molecule has 0 radical (unpaired) electrons. The molecule has 0 fully saturated rings. The summed E-state index contributed by atoms with van der Waals surface area (Å²) in [4.78, 5) is 17.3. The molecule has 2 aromatic heterocycles. The minimum Gasteiger partial charge on any atom is -0.287 e. The molecule has 4 rings (SSSR count). The molecular weight excluding hydrogens is 388 g/mol. The van der Waals surface area contributed by atoms with Crippen molar-refractivity contribution in [2.24, 2.45) is 7.05 Å². The Morgan fingerprint density at radius 1 is 1.07 bits per heavy atom. The van der Waals surface area contributed by atoms with E-state index in [1.165, 1.54) is 10.4 Å². The number of carbonyl (C=O) groups is 1. The van der Waals surface area contributed by atoms with Gasteiger partial charge in [-0.2, -0.15) is 5.10 Å². The largest absolute Gasteiger partial charge is 0.287 e. The first kappa shape index (κ1) is 19.1. The standard InChI is InChI=1S/C21H20N4O3S/c1-14-18(15(2)24(3)23-14)12-19-21(26)17-6-4-5-7-20(17)29(27,28)25(19)13-16-8-10-22-11-9-16/h4-12H,13H2,1-3H3. The highest BCUT2D eigenvalue weighted by Gasteiger charge is 2.39. The summed E-state index contributed by atoms with van der Waals surface area (Å²) < 4.78 is 29.7. The SMILES string of the molecule is Cc1nn(C)c(C)c1C=C1C(=O)c2ccccc2S(=O)(=O)N1Cc1ccncc1. The molecule has 0 bridgehead atoms. The van der Waals surface area contributed by atoms with Crippen molar-refractivity contribution in [3.8, 4) is 0 Å². The summed E-state index contributed by atoms with van der Waals surface area (Å²) in [6, 6.07) is 9.79. The van der Waals surface area contributed by atoms with Crippen LogP contribution in [-0.4, -0.2) is 33.3 Å². The normalized spacial score (nSPS) is 16.9. The molecule has 0 atom stereocenters. The van der Waals surface area contributed by atoms with Crippen molar-refractivity contribution in [3.05, 3.63) is 82.6 Å². The highest BCUT2D eigenvalue weighted by atomic mass is 32.2. The molecule has 0 N–H and O–H groups in total. The second-order valence-electron chi connectivity index (χ2n) is 6.93. The van der Waals surface area contributed by atoms with Crippen LogP contribution in [-0.2, 0) is 23.6 Å². The van der Waals surface area contributed by atoms with Gasteiger partial charge in [0.15, 0.2) is 0 Å². The molecule has 0 amide bonds. The summed E-state index contributed by atoms with van der Waals surface area (Å²) in [5.41, 5.74) is 3.35. The fourth-order valence-corrected chi connectivity index (χ4v) is 5.12. The Morgan fingerprint density at radius 2 is 1.76 bits per heavy atom. The molecule has 29 heavy (non-hydrogen) atoms. The second-order valence-corrected chi connectivity index (χ2v) is 8.76. The van der Waals surface area contributed by atoms with E-state index in [9.17, 15) is 13.2 Å². The van der Waals surface area contributed by atoms with Gasteiger partial charge >= 0.3 is 0 Å². The van der Waals surface area contributed by atoms with Crippen molar-refractivity contribution in [3.63, 3.8) is 0 Å². The lowest BCUT2D eigenvalue weighted by molar-refractivity contribution is 0.100. The third kappa shape index (κ3) is 3.15. The van der Waals surface area contributed by atoms with Crippen LogP contribution >= 0.6 is 0 Å². The summed E-state index contributed by atoms with van der Waals surface area (Å²) in [6.45, 7) is 3.76. The lowest BCUT2D eigenvalue weighted by Crippen LogP contribution is -2.38. The highest BCUT2D eigenvalue weighted by Crippen LogP contribution is 2.35. The number of carbonyl (C=O) groups excluding carboxylic acids is 1. The van der Waals surface area contributed by atoms with Gasteiger partial charge in [-0.15, -0.1) is 0 Å². The second kappa shape index (κ2) is 6.97. The fraction of sp³-hybridized carbons (Fsp3) is 0.190. The van der Waals surface area contributed by atoms with E-state index in [1.54, 1.807) is 53.5 Å². The van der Waals surface area contributed by atoms with Crippen LogP contribution in [0.15, 0.2) is 59.4 Å². The van der Waals surface area contributed by atoms with Crippen LogP contribution in [0.3, 0.4) is 0 Å². The van der Waals surface area contributed by atoms with Gasteiger partial charge in [-0.05, 0) is 49.8 Å². The molecule has 1 aliphatic heterocycles. The average Bonchev–Trinajstić information content (AvgIpc) is 2.95. The predicted molar refractivity (Wildman–Crippen MR) is 108 cm³/mol. The Morgan fingerprint density at radius 3 is 2.41 bits per heavy atom. The van der Waals surface area contributed by atoms with Gasteiger partial charge in [0.2, 0.25) is 5.78 Å². The maximum atomic E-state index is 13.4. The quantitative estimate of drug-likeness (QED) is 0.622. The minimum atomic E-state index is -3.91. The third-order valence-electron chi connectivity index (χ3n) is 5.12. The molecule has 0 saturated heterocycles. The van der Waals surface area contributed by atoms with Crippen LogP contribution in [0.5, 0.6) is 0 Å². The van der Waals surface area contributed by atoms with Gasteiger partial charge in [-0.3, -0.25) is 18.8 Å². The van der Waals surface area contributed by atoms with E-state index in [4.69, 9.17) is 0 Å². The Hall–Kier alpha value is -3.26. The number of nitrogens with zero attached hydrogens (tertiary/aromatic N) is 4. The van der Waals surface area contributed by atoms with E-state index in [0.29, 0.717) is 0 Å². The number of allylic oxidation sites excluding steroid dienone is 1. The Balaban J connectivity index is 1.95. The monoisotopic (exact) mass is 408 g/mol. The summed E-state index contributed by atoms with van der Waals surface area (Å²) in [6.07, 6.45) is 4.83. The first-order chi connectivity index (χ1) is 13.8. The zero-order chi connectivity index (χ0) is 20.8. The number of ketones is 1. The highest BCUT2D eigenvalue weighted by molar-refractivity contribution is 7.89. The summed E-state index contributed by atoms with van der Waals surface area (Å²) >= 11 is 0. The number of sulfonamides is 1. The molecule has 0 unspecified atom stereocenters. The van der Waals surface area contributed by atoms with Crippen LogP contribution in [0, 0.1) is 13.8 Å². The van der Waals surface area contributed by atoms with Crippen molar-refractivity contribution in [1.29, 1.82) is 0 Å². The van der Waals surface area contributed by atoms with Gasteiger partial charge in [0.05, 0.1) is 17.1 Å². The van der Waals surface area contributed by atoms with Gasteiger partial charge in [0, 0.05) is 36.3 Å². The van der Waals surface area contributed by atoms with E-state index in [0.717, 1.165) is 22.5 Å². The molecule has 7 nitrogen and oxygen atoms in total. The van der Waals surface area contributed by atoms with E-state index >= 15 is 0 Å². The predicted octanol–water partition coefficient (Wildman–Crippen LogP) is 2.86. The number of pyridine rings is 1. The lowest BCUT2D eigenvalue weighted by atomic mass is 10.0. The number of hydrogen-bond donors (Lipinski definition) is 0. The van der Waals surface area contributed by atoms with Crippen LogP contribution in [0.25, 0.3) is 6.08 Å². The van der Waals surface area contributed by atoms with E-state index in [2.05, 4.69) is 10.1 Å². The van der Waals surface area contributed by atoms with Gasteiger partial charge in [-0.25, -0.2) is 8.42 Å². The van der Waals surface area contributed by atoms with Gasteiger partial charge in [0.25, 0.3) is 10.0 Å². The Labute approximate surface area is 169 Å². The number of hydrogen-bond acceptors (Lipinski definition) is 5. The minimum absolute atomic E-state index is 0.0239. The third-order valence-corrected chi connectivity index (χ3v) is 6.94. The summed E-state index contributed by atoms with van der Waals surface area (Å²) in [5, 5.41) is 4.38. The molecule has 0 saturated carbocycles. The molecule has 1 aliphatic rings. The Bertz CT molecular complexity index is 1240. The maximum absolute atomic E-state index is 13.4. The van der Waals surface area contributed by atoms with Gasteiger partial charge < -0.3 is 0 Å². The average molecular weight is 408 g/mol. The smallest absolute Gasteiger partial charge is 0.265 e. The van der Waals surface area contributed by atoms with E-state index in [-0.39, 0.29) is 28.5 Å². The van der Waals surface area contributed by atoms with Crippen molar-refractivity contribution in [1.82, 2.24) is 19.1 Å². The van der Waals surface area contributed by atoms with Gasteiger partial charge in [0.1, 0.15) is 5.70 Å². The van der Waals surface area contributed by atoms with Crippen molar-refractivity contribution >= 4 is 21.9 Å². The molecule has 148 valence electrons. The van der Waals surface area contributed by atoms with Crippen LogP contribution in [0.2, 0.25) is 0 Å². The van der Waals surface area contributed by atoms with Crippen molar-refractivity contribution in [2.75, 3.05) is 0 Å². The number of Topliss-reactive ketones (excluding diaryl/α,β-unsaturated/α-hetero) is 1. The maximum Gasteiger partial charge on any atom is 0.265 e. The lowest BCUT2D eigenvalue weighted by Gasteiger charge is -2.31. The van der Waals surface area contributed by atoms with Crippen LogP contribution in [0.4, 0.5) is 0 Å². The number of fused-ring (bicyclic) bond motifs is 1. The zero-order valence-electron chi connectivity index (χ0n) is 16.3. The van der Waals surface area contributed by atoms with Crippen molar-refractivity contribution < 1.29 is 13.2 Å². The Kier molecular flexibility index (Phi) is 4.58. The van der Waals surface area contributed by atoms with Gasteiger partial charge in [-0.1, -0.05) is 12.1 Å². The molecule has 8 heteroatoms. The summed E-state index contributed by atoms with van der Waals surface area (Å²) in [5.74, 6) is -0.327. The number of benzene rings is 1. The van der Waals surface area contributed by atoms with Crippen molar-refractivity contribution in [2.45, 2.75) is 25.3 Å². The molecule has 0 spiro atoms. The number of rotatable bonds is 3. The first-order valence-electron chi connectivity index (χ1n) is 9.08. The topological polar surface area (TPSA) is 85.2 Å². The van der Waals surface area contributed by atoms with Crippen LogP contribution in [0.1, 0.15) is 32.9 Å². The molecule has 1 aromatic carbocycles. The van der Waals surface area contributed by atoms with Crippen LogP contribution < -0.4 is 0 Å². The zero-order valence-corrected chi connectivity index (χ0v) is 17.1. The van der Waals surface area contributed by atoms with E-state index in [1.807, 2.05) is 20.9 Å². The fourth-order valence-electron chi connectivity index (χ4n) is 3.48. The van der Waals surface area contributed by atoms with E-state index < -0.39 is 10.0 Å². The molecular formula is C21H20N4O3S. The molecule has 3 heterocycles. The number of aromatic nitrogens is 3. The summed E-state index contributed by atoms with van der Waals surface area (Å²) in [7, 11) is -2.09. The number of aryl methyl sites for hydroxylation is 2.